The molecule has 2 aromatic rings. The van der Waals surface area contributed by atoms with Crippen molar-refractivity contribution in [3.8, 4) is 0 Å². The molecule has 2 nitrogen and oxygen atoms in total. The summed E-state index contributed by atoms with van der Waals surface area (Å²) >= 11 is 0. The van der Waals surface area contributed by atoms with Gasteiger partial charge in [0.15, 0.2) is 0 Å². The number of benzene rings is 1. The number of alkyl halides is 3. The maximum atomic E-state index is 12.6. The van der Waals surface area contributed by atoms with Crippen molar-refractivity contribution in [2.45, 2.75) is 19.2 Å². The Morgan fingerprint density at radius 1 is 1.21 bits per heavy atom. The summed E-state index contributed by atoms with van der Waals surface area (Å²) in [6, 6.07) is 6.38. The van der Waals surface area contributed by atoms with Gasteiger partial charge >= 0.3 is 6.18 Å². The second-order valence-electron chi connectivity index (χ2n) is 4.26. The van der Waals surface area contributed by atoms with E-state index in [-0.39, 0.29) is 5.56 Å². The van der Waals surface area contributed by atoms with Crippen LogP contribution in [0.15, 0.2) is 42.7 Å². The summed E-state index contributed by atoms with van der Waals surface area (Å²) in [5, 5.41) is 10.2. The molecule has 5 heteroatoms. The first kappa shape index (κ1) is 13.5. The lowest BCUT2D eigenvalue weighted by molar-refractivity contribution is -0.137. The second kappa shape index (κ2) is 5.01. The molecular formula is C14H12F3NO. The van der Waals surface area contributed by atoms with Crippen molar-refractivity contribution in [1.82, 2.24) is 4.98 Å². The first-order chi connectivity index (χ1) is 8.89. The molecule has 2 rings (SSSR count). The fraction of sp³-hybridized carbons (Fsp3) is 0.214. The van der Waals surface area contributed by atoms with E-state index in [1.165, 1.54) is 18.3 Å². The molecule has 100 valence electrons. The Morgan fingerprint density at radius 2 is 1.95 bits per heavy atom. The zero-order valence-electron chi connectivity index (χ0n) is 10.1. The average Bonchev–Trinajstić information content (AvgIpc) is 2.38. The molecule has 0 radical (unpaired) electrons. The molecule has 0 aliphatic carbocycles. The van der Waals surface area contributed by atoms with Crippen molar-refractivity contribution in [3.05, 3.63) is 65.0 Å². The van der Waals surface area contributed by atoms with Crippen LogP contribution in [0, 0.1) is 6.92 Å². The van der Waals surface area contributed by atoms with E-state index in [4.69, 9.17) is 0 Å². The highest BCUT2D eigenvalue weighted by atomic mass is 19.4. The zero-order valence-corrected chi connectivity index (χ0v) is 10.1. The van der Waals surface area contributed by atoms with Crippen molar-refractivity contribution in [2.24, 2.45) is 0 Å². The van der Waals surface area contributed by atoms with E-state index in [0.717, 1.165) is 17.7 Å². The molecule has 0 bridgehead atoms. The van der Waals surface area contributed by atoms with Gasteiger partial charge in [-0.05, 0) is 36.2 Å². The van der Waals surface area contributed by atoms with Gasteiger partial charge in [0.05, 0.1) is 5.56 Å². The molecule has 1 aromatic carbocycles. The summed E-state index contributed by atoms with van der Waals surface area (Å²) in [5.74, 6) is 0. The zero-order chi connectivity index (χ0) is 14.0. The highest BCUT2D eigenvalue weighted by molar-refractivity contribution is 5.35. The average molecular weight is 267 g/mol. The number of aromatic nitrogens is 1. The molecule has 1 aromatic heterocycles. The van der Waals surface area contributed by atoms with Crippen molar-refractivity contribution in [3.63, 3.8) is 0 Å². The molecule has 0 aliphatic rings. The van der Waals surface area contributed by atoms with Crippen molar-refractivity contribution in [2.75, 3.05) is 0 Å². The smallest absolute Gasteiger partial charge is 0.384 e. The Morgan fingerprint density at radius 3 is 2.58 bits per heavy atom. The number of halogens is 3. The fourth-order valence-electron chi connectivity index (χ4n) is 1.83. The van der Waals surface area contributed by atoms with Gasteiger partial charge in [-0.25, -0.2) is 0 Å². The molecule has 0 aliphatic heterocycles. The van der Waals surface area contributed by atoms with Crippen LogP contribution in [0.5, 0.6) is 0 Å². The summed E-state index contributed by atoms with van der Waals surface area (Å²) in [6.45, 7) is 1.77. The third-order valence-electron chi connectivity index (χ3n) is 2.90. The highest BCUT2D eigenvalue weighted by Crippen LogP contribution is 2.32. The van der Waals surface area contributed by atoms with Crippen LogP contribution in [0.1, 0.15) is 28.4 Å². The topological polar surface area (TPSA) is 33.1 Å². The number of hydrogen-bond donors (Lipinski definition) is 1. The molecule has 1 heterocycles. The summed E-state index contributed by atoms with van der Waals surface area (Å²) < 4.78 is 37.9. The van der Waals surface area contributed by atoms with E-state index in [1.54, 1.807) is 19.2 Å². The van der Waals surface area contributed by atoms with Gasteiger partial charge in [0.1, 0.15) is 6.10 Å². The summed E-state index contributed by atoms with van der Waals surface area (Å²) in [4.78, 5) is 3.88. The minimum atomic E-state index is -4.42. The van der Waals surface area contributed by atoms with Gasteiger partial charge in [-0.1, -0.05) is 12.1 Å². The van der Waals surface area contributed by atoms with Crippen LogP contribution in [0.25, 0.3) is 0 Å². The first-order valence-corrected chi connectivity index (χ1v) is 5.65. The van der Waals surface area contributed by atoms with Crippen LogP contribution in [-0.2, 0) is 6.18 Å². The first-order valence-electron chi connectivity index (χ1n) is 5.65. The van der Waals surface area contributed by atoms with Gasteiger partial charge in [-0.3, -0.25) is 4.98 Å². The number of aliphatic hydroxyl groups is 1. The molecule has 0 fully saturated rings. The van der Waals surface area contributed by atoms with Crippen LogP contribution < -0.4 is 0 Å². The molecule has 1 atom stereocenters. The van der Waals surface area contributed by atoms with Gasteiger partial charge in [0, 0.05) is 18.0 Å². The van der Waals surface area contributed by atoms with Crippen LogP contribution in [0.3, 0.4) is 0 Å². The van der Waals surface area contributed by atoms with E-state index in [2.05, 4.69) is 4.98 Å². The number of aryl methyl sites for hydroxylation is 1. The van der Waals surface area contributed by atoms with Gasteiger partial charge in [-0.2, -0.15) is 13.2 Å². The molecule has 0 amide bonds. The number of nitrogens with zero attached hydrogens (tertiary/aromatic N) is 1. The lowest BCUT2D eigenvalue weighted by atomic mass is 9.98. The summed E-state index contributed by atoms with van der Waals surface area (Å²) in [7, 11) is 0. The Kier molecular flexibility index (Phi) is 3.57. The number of pyridine rings is 1. The van der Waals surface area contributed by atoms with Crippen LogP contribution in [0.4, 0.5) is 13.2 Å². The van der Waals surface area contributed by atoms with Gasteiger partial charge in [0.25, 0.3) is 0 Å². The van der Waals surface area contributed by atoms with Crippen molar-refractivity contribution >= 4 is 0 Å². The molecule has 19 heavy (non-hydrogen) atoms. The van der Waals surface area contributed by atoms with Crippen LogP contribution in [-0.4, -0.2) is 10.1 Å². The van der Waals surface area contributed by atoms with E-state index in [9.17, 15) is 18.3 Å². The van der Waals surface area contributed by atoms with Gasteiger partial charge in [-0.15, -0.1) is 0 Å². The minimum Gasteiger partial charge on any atom is -0.384 e. The standard InChI is InChI=1S/C14H12F3NO/c1-9-5-6-18-8-12(9)13(19)10-3-2-4-11(7-10)14(15,16)17/h2-8,13,19H,1H3. The fourth-order valence-corrected chi connectivity index (χ4v) is 1.83. The molecule has 0 saturated carbocycles. The maximum absolute atomic E-state index is 12.6. The normalized spacial score (nSPS) is 13.3. The van der Waals surface area contributed by atoms with E-state index >= 15 is 0 Å². The Labute approximate surface area is 108 Å². The molecule has 1 unspecified atom stereocenters. The lowest BCUT2D eigenvalue weighted by Crippen LogP contribution is -2.08. The number of hydrogen-bond acceptors (Lipinski definition) is 2. The van der Waals surface area contributed by atoms with Crippen molar-refractivity contribution < 1.29 is 18.3 Å². The predicted octanol–water partition coefficient (Wildman–Crippen LogP) is 3.49. The Bertz CT molecular complexity index is 581. The lowest BCUT2D eigenvalue weighted by Gasteiger charge is -2.15. The highest BCUT2D eigenvalue weighted by Gasteiger charge is 2.31. The quantitative estimate of drug-likeness (QED) is 0.903. The van der Waals surface area contributed by atoms with Gasteiger partial charge < -0.3 is 5.11 Å². The number of aliphatic hydroxyl groups excluding tert-OH is 1. The third kappa shape index (κ3) is 2.93. The molecular weight excluding hydrogens is 255 g/mol. The molecule has 0 saturated heterocycles. The van der Waals surface area contributed by atoms with E-state index < -0.39 is 17.8 Å². The monoisotopic (exact) mass is 267 g/mol. The molecule has 1 N–H and O–H groups in total. The second-order valence-corrected chi connectivity index (χ2v) is 4.26. The summed E-state index contributed by atoms with van der Waals surface area (Å²) in [6.07, 6.45) is -2.51. The Hall–Kier alpha value is -1.88. The van der Waals surface area contributed by atoms with Crippen LogP contribution >= 0.6 is 0 Å². The molecule has 0 spiro atoms. The maximum Gasteiger partial charge on any atom is 0.416 e. The van der Waals surface area contributed by atoms with Crippen LogP contribution in [0.2, 0.25) is 0 Å². The SMILES string of the molecule is Cc1ccncc1C(O)c1cccc(C(F)(F)F)c1. The van der Waals surface area contributed by atoms with E-state index in [0.29, 0.717) is 5.56 Å². The largest absolute Gasteiger partial charge is 0.416 e. The predicted molar refractivity (Wildman–Crippen MR) is 64.5 cm³/mol. The third-order valence-corrected chi connectivity index (χ3v) is 2.90. The van der Waals surface area contributed by atoms with Gasteiger partial charge in [0.2, 0.25) is 0 Å². The summed E-state index contributed by atoms with van der Waals surface area (Å²) in [5.41, 5.74) is 0.707. The number of rotatable bonds is 2. The Balaban J connectivity index is 2.40. The minimum absolute atomic E-state index is 0.200. The van der Waals surface area contributed by atoms with Crippen molar-refractivity contribution in [1.29, 1.82) is 0 Å². The van der Waals surface area contributed by atoms with E-state index in [1.807, 2.05) is 0 Å².